The number of nitrogens with one attached hydrogen (secondary N) is 2. The van der Waals surface area contributed by atoms with Gasteiger partial charge in [-0.3, -0.25) is 15.0 Å². The number of aromatic nitrogens is 2. The first-order chi connectivity index (χ1) is 18.9. The molecular formula is C27H35N7O4S. The fourth-order valence-corrected chi connectivity index (χ4v) is 5.14. The van der Waals surface area contributed by atoms with Crippen molar-refractivity contribution in [1.29, 1.82) is 5.26 Å². The van der Waals surface area contributed by atoms with E-state index >= 15 is 0 Å². The number of carbonyl (C=O) groups is 2. The summed E-state index contributed by atoms with van der Waals surface area (Å²) in [4.78, 5) is 38.5. The van der Waals surface area contributed by atoms with Gasteiger partial charge in [0.1, 0.15) is 17.7 Å². The van der Waals surface area contributed by atoms with E-state index in [0.717, 1.165) is 42.6 Å². The van der Waals surface area contributed by atoms with Gasteiger partial charge >= 0.3 is 6.03 Å². The predicted molar refractivity (Wildman–Crippen MR) is 151 cm³/mol. The average Bonchev–Trinajstić information content (AvgIpc) is 2.96. The molecule has 11 nitrogen and oxygen atoms in total. The molecule has 208 valence electrons. The third-order valence-electron chi connectivity index (χ3n) is 6.88. The third kappa shape index (κ3) is 6.91. The Morgan fingerprint density at radius 2 is 2.13 bits per heavy atom. The summed E-state index contributed by atoms with van der Waals surface area (Å²) in [7, 11) is 3.34. The zero-order valence-corrected chi connectivity index (χ0v) is 23.5. The lowest BCUT2D eigenvalue weighted by Gasteiger charge is -2.30. The second-order valence-corrected chi connectivity index (χ2v) is 10.5. The Balaban J connectivity index is 1.50. The van der Waals surface area contributed by atoms with Crippen LogP contribution in [-0.2, 0) is 22.5 Å². The first-order valence-corrected chi connectivity index (χ1v) is 14.5. The molecule has 0 aromatic carbocycles. The Hall–Kier alpha value is -3.56. The number of hydrogen-bond acceptors (Lipinski definition) is 9. The van der Waals surface area contributed by atoms with Crippen molar-refractivity contribution in [3.63, 3.8) is 0 Å². The van der Waals surface area contributed by atoms with E-state index in [0.29, 0.717) is 61.6 Å². The van der Waals surface area contributed by atoms with E-state index in [1.807, 2.05) is 12.3 Å². The molecule has 2 aliphatic rings. The number of anilines is 3. The first-order valence-electron chi connectivity index (χ1n) is 13.1. The quantitative estimate of drug-likeness (QED) is 0.448. The summed E-state index contributed by atoms with van der Waals surface area (Å²) in [5, 5.41) is 15.5. The van der Waals surface area contributed by atoms with Crippen LogP contribution in [0.3, 0.4) is 0 Å². The number of pyridine rings is 2. The van der Waals surface area contributed by atoms with Crippen LogP contribution in [-0.4, -0.2) is 79.3 Å². The number of urea groups is 1. The molecule has 0 unspecified atom stereocenters. The number of ether oxygens (including phenoxy) is 2. The number of aryl methyl sites for hydroxylation is 1. The zero-order chi connectivity index (χ0) is 27.8. The van der Waals surface area contributed by atoms with E-state index in [1.54, 1.807) is 34.7 Å². The number of rotatable bonds is 9. The van der Waals surface area contributed by atoms with Crippen LogP contribution in [0.5, 0.6) is 5.88 Å². The molecule has 4 heterocycles. The molecule has 4 rings (SSSR count). The molecule has 2 aliphatic heterocycles. The van der Waals surface area contributed by atoms with Crippen molar-refractivity contribution in [2.75, 3.05) is 68.0 Å². The van der Waals surface area contributed by atoms with Crippen LogP contribution in [0.15, 0.2) is 18.3 Å². The number of methoxy groups -OCH3 is 1. The maximum absolute atomic E-state index is 13.3. The van der Waals surface area contributed by atoms with Gasteiger partial charge in [0.25, 0.3) is 0 Å². The number of fused-ring (bicyclic) bond motifs is 1. The largest absolute Gasteiger partial charge is 0.481 e. The minimum absolute atomic E-state index is 0.0309. The highest BCUT2D eigenvalue weighted by Gasteiger charge is 2.29. The molecule has 1 fully saturated rings. The monoisotopic (exact) mass is 553 g/mol. The fraction of sp³-hybridized carbons (Fsp3) is 0.519. The van der Waals surface area contributed by atoms with Crippen molar-refractivity contribution in [3.8, 4) is 11.9 Å². The maximum atomic E-state index is 13.3. The number of carbonyl (C=O) groups excluding carboxylic acids is 2. The molecule has 2 aromatic heterocycles. The van der Waals surface area contributed by atoms with Crippen LogP contribution in [0.1, 0.15) is 36.0 Å². The van der Waals surface area contributed by atoms with E-state index in [-0.39, 0.29) is 17.9 Å². The van der Waals surface area contributed by atoms with Crippen LogP contribution in [0, 0.1) is 17.2 Å². The normalized spacial score (nSPS) is 15.2. The standard InChI is InChI=1S/C27H35N7O4S/c1-33(26(35)18-6-10-38-11-7-18)17-20-13-19-5-4-9-34(24(19)32-25(20)37-2)27(36)31-23-14-22(29-8-12-39-3)21(15-28)16-30-23/h13-14,16,18H,4-12,17H2,1-3H3,(H2,29,30,31,36). The SMILES string of the molecule is COc1nc2c(cc1CN(C)C(=O)C1CCOCC1)CCCN2C(=O)Nc1cc(NCCSC)c(C#N)cn1. The van der Waals surface area contributed by atoms with E-state index in [1.165, 1.54) is 13.3 Å². The van der Waals surface area contributed by atoms with Gasteiger partial charge in [-0.25, -0.2) is 9.78 Å². The number of nitriles is 1. The highest BCUT2D eigenvalue weighted by molar-refractivity contribution is 7.98. The van der Waals surface area contributed by atoms with Crippen molar-refractivity contribution in [3.05, 3.63) is 35.0 Å². The lowest BCUT2D eigenvalue weighted by atomic mass is 9.98. The second kappa shape index (κ2) is 13.5. The molecule has 0 radical (unpaired) electrons. The number of thioether (sulfide) groups is 1. The summed E-state index contributed by atoms with van der Waals surface area (Å²) in [5.74, 6) is 2.21. The predicted octanol–water partition coefficient (Wildman–Crippen LogP) is 3.50. The van der Waals surface area contributed by atoms with Gasteiger partial charge in [-0.05, 0) is 43.6 Å². The summed E-state index contributed by atoms with van der Waals surface area (Å²) in [5.41, 5.74) is 2.76. The smallest absolute Gasteiger partial charge is 0.328 e. The van der Waals surface area contributed by atoms with Gasteiger partial charge in [0.15, 0.2) is 0 Å². The zero-order valence-electron chi connectivity index (χ0n) is 22.7. The van der Waals surface area contributed by atoms with E-state index < -0.39 is 0 Å². The summed E-state index contributed by atoms with van der Waals surface area (Å²) in [6, 6.07) is 5.42. The van der Waals surface area contributed by atoms with Crippen molar-refractivity contribution >= 4 is 41.0 Å². The Labute approximate surface area is 233 Å². The lowest BCUT2D eigenvalue weighted by Crippen LogP contribution is -2.40. The maximum Gasteiger partial charge on any atom is 0.328 e. The van der Waals surface area contributed by atoms with Gasteiger partial charge in [-0.15, -0.1) is 0 Å². The van der Waals surface area contributed by atoms with Gasteiger partial charge in [0, 0.05) is 62.8 Å². The van der Waals surface area contributed by atoms with Gasteiger partial charge in [-0.1, -0.05) is 0 Å². The highest BCUT2D eigenvalue weighted by Crippen LogP contribution is 2.32. The van der Waals surface area contributed by atoms with Gasteiger partial charge in [-0.2, -0.15) is 22.0 Å². The number of hydrogen-bond donors (Lipinski definition) is 2. The molecule has 2 N–H and O–H groups in total. The van der Waals surface area contributed by atoms with E-state index in [4.69, 9.17) is 14.5 Å². The van der Waals surface area contributed by atoms with Gasteiger partial charge in [0.05, 0.1) is 24.9 Å². The van der Waals surface area contributed by atoms with Crippen LogP contribution >= 0.6 is 11.8 Å². The highest BCUT2D eigenvalue weighted by atomic mass is 32.2. The second-order valence-electron chi connectivity index (χ2n) is 9.55. The van der Waals surface area contributed by atoms with Crippen LogP contribution in [0.4, 0.5) is 22.1 Å². The van der Waals surface area contributed by atoms with E-state index in [2.05, 4.69) is 21.7 Å². The summed E-state index contributed by atoms with van der Waals surface area (Å²) in [6.45, 7) is 2.77. The molecule has 0 spiro atoms. The third-order valence-corrected chi connectivity index (χ3v) is 7.49. The molecular weight excluding hydrogens is 518 g/mol. The summed E-state index contributed by atoms with van der Waals surface area (Å²) < 4.78 is 11.0. The van der Waals surface area contributed by atoms with Gasteiger partial charge < -0.3 is 19.7 Å². The molecule has 12 heteroatoms. The molecule has 39 heavy (non-hydrogen) atoms. The van der Waals surface area contributed by atoms with Crippen LogP contribution in [0.2, 0.25) is 0 Å². The van der Waals surface area contributed by atoms with Crippen LogP contribution < -0.4 is 20.3 Å². The fourth-order valence-electron chi connectivity index (χ4n) is 4.83. The lowest BCUT2D eigenvalue weighted by molar-refractivity contribution is -0.137. The summed E-state index contributed by atoms with van der Waals surface area (Å²) in [6.07, 6.45) is 6.46. The van der Waals surface area contributed by atoms with Crippen molar-refractivity contribution in [2.24, 2.45) is 5.92 Å². The first kappa shape index (κ1) is 28.4. The molecule has 3 amide bonds. The Morgan fingerprint density at radius 3 is 2.85 bits per heavy atom. The molecule has 2 aromatic rings. The van der Waals surface area contributed by atoms with Crippen molar-refractivity contribution < 1.29 is 19.1 Å². The average molecular weight is 554 g/mol. The van der Waals surface area contributed by atoms with Crippen molar-refractivity contribution in [2.45, 2.75) is 32.2 Å². The Morgan fingerprint density at radius 1 is 1.33 bits per heavy atom. The van der Waals surface area contributed by atoms with Crippen LogP contribution in [0.25, 0.3) is 0 Å². The molecule has 0 aliphatic carbocycles. The number of nitrogens with zero attached hydrogens (tertiary/aromatic N) is 5. The Kier molecular flexibility index (Phi) is 9.84. The summed E-state index contributed by atoms with van der Waals surface area (Å²) >= 11 is 1.70. The topological polar surface area (TPSA) is 133 Å². The molecule has 1 saturated heterocycles. The number of amides is 3. The minimum Gasteiger partial charge on any atom is -0.481 e. The molecule has 0 atom stereocenters. The van der Waals surface area contributed by atoms with Crippen molar-refractivity contribution in [1.82, 2.24) is 14.9 Å². The van der Waals surface area contributed by atoms with E-state index in [9.17, 15) is 14.9 Å². The van der Waals surface area contributed by atoms with Gasteiger partial charge in [0.2, 0.25) is 11.8 Å². The molecule has 0 bridgehead atoms. The Bertz CT molecular complexity index is 1230. The molecule has 0 saturated carbocycles. The minimum atomic E-state index is -0.364.